The molecule has 0 fully saturated rings. The number of carbonyl (C=O) groups is 1. The van der Waals surface area contributed by atoms with E-state index in [1.54, 1.807) is 13.3 Å². The van der Waals surface area contributed by atoms with Crippen LogP contribution in [-0.2, 0) is 9.36 Å². The molecule has 0 aromatic rings. The van der Waals surface area contributed by atoms with Crippen molar-refractivity contribution in [2.24, 2.45) is 0 Å². The third-order valence-corrected chi connectivity index (χ3v) is 3.48. The van der Waals surface area contributed by atoms with E-state index in [0.29, 0.717) is 12.6 Å². The molecule has 0 unspecified atom stereocenters. The highest BCUT2D eigenvalue weighted by molar-refractivity contribution is 7.63. The largest absolute Gasteiger partial charge is 0.324 e. The average molecular weight is 232 g/mol. The molecular weight excluding hydrogens is 207 g/mol. The Labute approximate surface area is 94.2 Å². The molecule has 90 valence electrons. The summed E-state index contributed by atoms with van der Waals surface area (Å²) in [5.41, 5.74) is 0. The highest BCUT2D eigenvalue weighted by Gasteiger charge is 2.12. The van der Waals surface area contributed by atoms with Crippen LogP contribution in [0.4, 0.5) is 0 Å². The molecule has 0 bridgehead atoms. The molecule has 0 aliphatic heterocycles. The van der Waals surface area contributed by atoms with Gasteiger partial charge in [-0.1, -0.05) is 39.0 Å². The van der Waals surface area contributed by atoms with Gasteiger partial charge in [0.05, 0.1) is 13.3 Å². The van der Waals surface area contributed by atoms with Gasteiger partial charge in [-0.2, -0.15) is 0 Å². The van der Waals surface area contributed by atoms with E-state index in [1.807, 2.05) is 0 Å². The van der Waals surface area contributed by atoms with Crippen molar-refractivity contribution >= 4 is 12.9 Å². The Hall–Kier alpha value is -0.100. The number of unbranched alkanes of at least 4 members (excludes halogenated alkanes) is 5. The highest BCUT2D eigenvalue weighted by Crippen LogP contribution is 2.35. The lowest BCUT2D eigenvalue weighted by Crippen LogP contribution is -2.04. The van der Waals surface area contributed by atoms with Crippen LogP contribution in [0.2, 0.25) is 0 Å². The molecule has 2 nitrogen and oxygen atoms in total. The number of carbonyl (C=O) groups excluding carboxylic acids is 1. The van der Waals surface area contributed by atoms with Gasteiger partial charge in [0.25, 0.3) is 0 Å². The van der Waals surface area contributed by atoms with Crippen LogP contribution < -0.4 is 0 Å². The summed E-state index contributed by atoms with van der Waals surface area (Å²) in [6.07, 6.45) is 8.11. The van der Waals surface area contributed by atoms with Gasteiger partial charge in [-0.15, -0.1) is 0 Å². The van der Waals surface area contributed by atoms with Crippen molar-refractivity contribution in [2.45, 2.75) is 51.9 Å². The Kier molecular flexibility index (Phi) is 8.04. The summed E-state index contributed by atoms with van der Waals surface area (Å²) in [5, 5.41) is 0. The quantitative estimate of drug-likeness (QED) is 0.446. The van der Waals surface area contributed by atoms with E-state index < -0.39 is 7.14 Å². The predicted molar refractivity (Wildman–Crippen MR) is 67.3 cm³/mol. The number of hydrogen-bond acceptors (Lipinski definition) is 2. The van der Waals surface area contributed by atoms with Crippen LogP contribution >= 0.6 is 7.14 Å². The summed E-state index contributed by atoms with van der Waals surface area (Å²) in [6, 6.07) is 0. The van der Waals surface area contributed by atoms with E-state index in [2.05, 4.69) is 6.92 Å². The van der Waals surface area contributed by atoms with Crippen LogP contribution in [0.3, 0.4) is 0 Å². The molecule has 0 aromatic carbocycles. The summed E-state index contributed by atoms with van der Waals surface area (Å²) in [6.45, 7) is 5.57. The van der Waals surface area contributed by atoms with Gasteiger partial charge in [0.15, 0.2) is 0 Å². The van der Waals surface area contributed by atoms with Gasteiger partial charge in [0.1, 0.15) is 5.78 Å². The normalized spacial score (nSPS) is 11.7. The molecule has 0 aliphatic carbocycles. The van der Waals surface area contributed by atoms with Gasteiger partial charge in [0.2, 0.25) is 0 Å². The fourth-order valence-corrected chi connectivity index (χ4v) is 2.61. The maximum atomic E-state index is 11.4. The second-order valence-corrected chi connectivity index (χ2v) is 8.25. The first kappa shape index (κ1) is 14.9. The lowest BCUT2D eigenvalue weighted by molar-refractivity contribution is -0.116. The van der Waals surface area contributed by atoms with Crippen molar-refractivity contribution < 1.29 is 9.36 Å². The van der Waals surface area contributed by atoms with Gasteiger partial charge in [-0.25, -0.2) is 0 Å². The average Bonchev–Trinajstić information content (AvgIpc) is 2.08. The van der Waals surface area contributed by atoms with Crippen LogP contribution in [0.1, 0.15) is 51.9 Å². The zero-order valence-electron chi connectivity index (χ0n) is 10.4. The Morgan fingerprint density at radius 2 is 1.53 bits per heavy atom. The molecule has 15 heavy (non-hydrogen) atoms. The molecule has 0 N–H and O–H groups in total. The van der Waals surface area contributed by atoms with Gasteiger partial charge in [-0.05, 0) is 19.8 Å². The highest BCUT2D eigenvalue weighted by atomic mass is 31.2. The molecule has 0 saturated heterocycles. The predicted octanol–water partition coefficient (Wildman–Crippen LogP) is 3.93. The standard InChI is InChI=1S/C12H25O2P/c1-4-5-6-7-8-9-10-12(13)11-15(2,3)14/h4-11H2,1-3H3. The number of Topliss-reactive ketones (excluding diaryl/α,β-unsaturated/α-hetero) is 1. The SMILES string of the molecule is CCCCCCCCC(=O)CP(C)(C)=O. The minimum atomic E-state index is -2.14. The van der Waals surface area contributed by atoms with E-state index >= 15 is 0 Å². The maximum absolute atomic E-state index is 11.4. The lowest BCUT2D eigenvalue weighted by Gasteiger charge is -2.05. The first-order valence-electron chi connectivity index (χ1n) is 6.01. The van der Waals surface area contributed by atoms with Crippen molar-refractivity contribution in [2.75, 3.05) is 19.5 Å². The fraction of sp³-hybridized carbons (Fsp3) is 0.917. The van der Waals surface area contributed by atoms with Gasteiger partial charge >= 0.3 is 0 Å². The van der Waals surface area contributed by atoms with Crippen molar-refractivity contribution in [3.8, 4) is 0 Å². The smallest absolute Gasteiger partial charge is 0.140 e. The summed E-state index contributed by atoms with van der Waals surface area (Å²) < 4.78 is 11.4. The topological polar surface area (TPSA) is 34.1 Å². The van der Waals surface area contributed by atoms with Crippen LogP contribution in [0.5, 0.6) is 0 Å². The monoisotopic (exact) mass is 232 g/mol. The zero-order chi connectivity index (χ0) is 11.7. The molecule has 0 aromatic heterocycles. The molecule has 0 aliphatic rings. The molecule has 0 atom stereocenters. The second-order valence-electron chi connectivity index (χ2n) is 4.79. The van der Waals surface area contributed by atoms with Gasteiger partial charge in [0, 0.05) is 6.42 Å². The van der Waals surface area contributed by atoms with Gasteiger partial charge in [-0.3, -0.25) is 4.79 Å². The zero-order valence-corrected chi connectivity index (χ0v) is 11.3. The van der Waals surface area contributed by atoms with Crippen LogP contribution in [-0.4, -0.2) is 25.3 Å². The Balaban J connectivity index is 3.36. The van der Waals surface area contributed by atoms with E-state index in [0.717, 1.165) is 12.8 Å². The molecule has 0 heterocycles. The number of hydrogen-bond donors (Lipinski definition) is 0. The number of rotatable bonds is 9. The summed E-state index contributed by atoms with van der Waals surface area (Å²) in [7, 11) is -2.14. The third-order valence-electron chi connectivity index (χ3n) is 2.37. The van der Waals surface area contributed by atoms with E-state index in [4.69, 9.17) is 0 Å². The van der Waals surface area contributed by atoms with Crippen molar-refractivity contribution in [1.82, 2.24) is 0 Å². The van der Waals surface area contributed by atoms with E-state index in [-0.39, 0.29) is 5.78 Å². The van der Waals surface area contributed by atoms with E-state index in [9.17, 15) is 9.36 Å². The van der Waals surface area contributed by atoms with Crippen molar-refractivity contribution in [1.29, 1.82) is 0 Å². The maximum Gasteiger partial charge on any atom is 0.140 e. The molecule has 3 heteroatoms. The molecule has 0 amide bonds. The molecule has 0 rings (SSSR count). The summed E-state index contributed by atoms with van der Waals surface area (Å²) in [4.78, 5) is 11.4. The van der Waals surface area contributed by atoms with Crippen LogP contribution in [0.25, 0.3) is 0 Å². The second kappa shape index (κ2) is 8.10. The lowest BCUT2D eigenvalue weighted by atomic mass is 10.1. The molecule has 0 saturated carbocycles. The Morgan fingerprint density at radius 3 is 2.07 bits per heavy atom. The van der Waals surface area contributed by atoms with Crippen molar-refractivity contribution in [3.63, 3.8) is 0 Å². The van der Waals surface area contributed by atoms with Crippen LogP contribution in [0, 0.1) is 0 Å². The van der Waals surface area contributed by atoms with Gasteiger partial charge < -0.3 is 4.57 Å². The Morgan fingerprint density at radius 1 is 1.00 bits per heavy atom. The summed E-state index contributed by atoms with van der Waals surface area (Å²) >= 11 is 0. The number of ketones is 1. The van der Waals surface area contributed by atoms with E-state index in [1.165, 1.54) is 25.7 Å². The first-order valence-corrected chi connectivity index (χ1v) is 8.80. The molecular formula is C12H25O2P. The summed E-state index contributed by atoms with van der Waals surface area (Å²) in [5.74, 6) is 0.179. The molecule has 0 spiro atoms. The minimum absolute atomic E-state index is 0.179. The van der Waals surface area contributed by atoms with Crippen LogP contribution in [0.15, 0.2) is 0 Å². The minimum Gasteiger partial charge on any atom is -0.324 e. The Bertz CT molecular complexity index is 218. The molecule has 0 radical (unpaired) electrons. The van der Waals surface area contributed by atoms with Crippen molar-refractivity contribution in [3.05, 3.63) is 0 Å². The third kappa shape index (κ3) is 11.8. The fourth-order valence-electron chi connectivity index (χ4n) is 1.61. The first-order chi connectivity index (χ1) is 6.95.